The molecule has 0 aliphatic carbocycles. The summed E-state index contributed by atoms with van der Waals surface area (Å²) in [5.41, 5.74) is 0.240. The quantitative estimate of drug-likeness (QED) is 0.759. The Hall–Kier alpha value is -1.03. The van der Waals surface area contributed by atoms with E-state index in [2.05, 4.69) is 0 Å². The van der Waals surface area contributed by atoms with E-state index in [9.17, 15) is 13.2 Å². The SMILES string of the molecule is CCCc1ccccc1C(C)(CC(F)(F)F)OC. The van der Waals surface area contributed by atoms with Crippen LogP contribution in [0, 0.1) is 0 Å². The molecule has 0 aliphatic rings. The number of hydrogen-bond acceptors (Lipinski definition) is 1. The Balaban J connectivity index is 3.14. The van der Waals surface area contributed by atoms with Gasteiger partial charge < -0.3 is 4.74 Å². The molecule has 18 heavy (non-hydrogen) atoms. The van der Waals surface area contributed by atoms with Crippen LogP contribution in [0.25, 0.3) is 0 Å². The highest BCUT2D eigenvalue weighted by Gasteiger charge is 2.41. The van der Waals surface area contributed by atoms with Gasteiger partial charge in [0.05, 0.1) is 12.0 Å². The van der Waals surface area contributed by atoms with E-state index >= 15 is 0 Å². The second kappa shape index (κ2) is 5.74. The second-order valence-corrected chi connectivity index (χ2v) is 4.63. The summed E-state index contributed by atoms with van der Waals surface area (Å²) in [5.74, 6) is 0. The number of alkyl halides is 3. The zero-order valence-corrected chi connectivity index (χ0v) is 11.0. The van der Waals surface area contributed by atoms with Crippen LogP contribution in [-0.4, -0.2) is 13.3 Å². The molecule has 102 valence electrons. The number of ether oxygens (including phenoxy) is 1. The van der Waals surface area contributed by atoms with Crippen molar-refractivity contribution >= 4 is 0 Å². The topological polar surface area (TPSA) is 9.23 Å². The van der Waals surface area contributed by atoms with Gasteiger partial charge in [-0.05, 0) is 24.5 Å². The van der Waals surface area contributed by atoms with Gasteiger partial charge in [0, 0.05) is 7.11 Å². The van der Waals surface area contributed by atoms with Gasteiger partial charge in [0.2, 0.25) is 0 Å². The highest BCUT2D eigenvalue weighted by molar-refractivity contribution is 5.32. The van der Waals surface area contributed by atoms with Crippen molar-refractivity contribution in [3.05, 3.63) is 35.4 Å². The molecule has 4 heteroatoms. The van der Waals surface area contributed by atoms with Gasteiger partial charge in [-0.2, -0.15) is 13.2 Å². The van der Waals surface area contributed by atoms with Crippen molar-refractivity contribution in [1.29, 1.82) is 0 Å². The maximum absolute atomic E-state index is 12.7. The van der Waals surface area contributed by atoms with Crippen molar-refractivity contribution < 1.29 is 17.9 Å². The fourth-order valence-corrected chi connectivity index (χ4v) is 2.18. The van der Waals surface area contributed by atoms with E-state index in [1.807, 2.05) is 19.1 Å². The maximum atomic E-state index is 12.7. The Kier molecular flexibility index (Phi) is 4.79. The third-order valence-electron chi connectivity index (χ3n) is 3.09. The largest absolute Gasteiger partial charge is 0.392 e. The van der Waals surface area contributed by atoms with Crippen LogP contribution in [0.4, 0.5) is 13.2 Å². The monoisotopic (exact) mass is 260 g/mol. The zero-order valence-electron chi connectivity index (χ0n) is 11.0. The van der Waals surface area contributed by atoms with Gasteiger partial charge in [0.15, 0.2) is 0 Å². The van der Waals surface area contributed by atoms with Crippen LogP contribution in [0.1, 0.15) is 37.8 Å². The molecule has 0 aliphatic heterocycles. The first-order chi connectivity index (χ1) is 8.32. The number of halogens is 3. The van der Waals surface area contributed by atoms with E-state index < -0.39 is 18.2 Å². The molecular weight excluding hydrogens is 241 g/mol. The molecule has 0 spiro atoms. The van der Waals surface area contributed by atoms with Crippen LogP contribution in [0.2, 0.25) is 0 Å². The Morgan fingerprint density at radius 3 is 2.28 bits per heavy atom. The molecule has 1 nitrogen and oxygen atoms in total. The molecule has 0 bridgehead atoms. The van der Waals surface area contributed by atoms with Crippen LogP contribution < -0.4 is 0 Å². The van der Waals surface area contributed by atoms with E-state index in [0.717, 1.165) is 18.4 Å². The van der Waals surface area contributed by atoms with Gasteiger partial charge in [-0.15, -0.1) is 0 Å². The normalized spacial score (nSPS) is 15.4. The molecule has 0 amide bonds. The van der Waals surface area contributed by atoms with Gasteiger partial charge in [-0.25, -0.2) is 0 Å². The predicted octanol–water partition coefficient (Wildman–Crippen LogP) is 4.45. The van der Waals surface area contributed by atoms with E-state index in [0.29, 0.717) is 5.56 Å². The smallest absolute Gasteiger partial charge is 0.373 e. The third kappa shape index (κ3) is 3.73. The summed E-state index contributed by atoms with van der Waals surface area (Å²) in [6.45, 7) is 3.50. The number of aryl methyl sites for hydroxylation is 1. The summed E-state index contributed by atoms with van der Waals surface area (Å²) < 4.78 is 43.2. The van der Waals surface area contributed by atoms with Crippen LogP contribution in [0.5, 0.6) is 0 Å². The standard InChI is InChI=1S/C14H19F3O/c1-4-7-11-8-5-6-9-12(11)13(2,18-3)10-14(15,16)17/h5-6,8-9H,4,7,10H2,1-3H3. The van der Waals surface area contributed by atoms with Gasteiger partial charge in [0.25, 0.3) is 0 Å². The summed E-state index contributed by atoms with van der Waals surface area (Å²) in [4.78, 5) is 0. The van der Waals surface area contributed by atoms with E-state index in [1.165, 1.54) is 14.0 Å². The molecule has 0 heterocycles. The molecule has 1 aromatic rings. The molecule has 1 unspecified atom stereocenters. The van der Waals surface area contributed by atoms with Gasteiger partial charge in [-0.1, -0.05) is 37.6 Å². The lowest BCUT2D eigenvalue weighted by molar-refractivity contribution is -0.181. The molecule has 1 atom stereocenters. The molecule has 0 saturated carbocycles. The molecular formula is C14H19F3O. The summed E-state index contributed by atoms with van der Waals surface area (Å²) in [7, 11) is 1.33. The summed E-state index contributed by atoms with van der Waals surface area (Å²) in [6.07, 6.45) is -3.57. The first-order valence-corrected chi connectivity index (χ1v) is 6.02. The predicted molar refractivity (Wildman–Crippen MR) is 65.5 cm³/mol. The number of benzene rings is 1. The minimum atomic E-state index is -4.25. The van der Waals surface area contributed by atoms with Gasteiger partial charge >= 0.3 is 6.18 Å². The first-order valence-electron chi connectivity index (χ1n) is 6.02. The van der Waals surface area contributed by atoms with E-state index in [4.69, 9.17) is 4.74 Å². The van der Waals surface area contributed by atoms with Gasteiger partial charge in [0.1, 0.15) is 0 Å². The second-order valence-electron chi connectivity index (χ2n) is 4.63. The molecule has 0 aromatic heterocycles. The van der Waals surface area contributed by atoms with Crippen LogP contribution in [0.15, 0.2) is 24.3 Å². The van der Waals surface area contributed by atoms with Crippen molar-refractivity contribution in [3.8, 4) is 0 Å². The van der Waals surface area contributed by atoms with Gasteiger partial charge in [-0.3, -0.25) is 0 Å². The lowest BCUT2D eigenvalue weighted by Gasteiger charge is -2.31. The fraction of sp³-hybridized carbons (Fsp3) is 0.571. The lowest BCUT2D eigenvalue weighted by atomic mass is 9.87. The number of hydrogen-bond donors (Lipinski definition) is 0. The van der Waals surface area contributed by atoms with Crippen LogP contribution in [0.3, 0.4) is 0 Å². The molecule has 1 rings (SSSR count). The van der Waals surface area contributed by atoms with Crippen molar-refractivity contribution in [2.24, 2.45) is 0 Å². The van der Waals surface area contributed by atoms with E-state index in [1.54, 1.807) is 12.1 Å². The minimum absolute atomic E-state index is 0.631. The number of rotatable bonds is 5. The van der Waals surface area contributed by atoms with Crippen molar-refractivity contribution in [2.75, 3.05) is 7.11 Å². The average molecular weight is 260 g/mol. The lowest BCUT2D eigenvalue weighted by Crippen LogP contribution is -2.32. The highest BCUT2D eigenvalue weighted by atomic mass is 19.4. The molecule has 0 saturated heterocycles. The molecule has 1 aromatic carbocycles. The van der Waals surface area contributed by atoms with Crippen LogP contribution >= 0.6 is 0 Å². The van der Waals surface area contributed by atoms with Crippen molar-refractivity contribution in [3.63, 3.8) is 0 Å². The summed E-state index contributed by atoms with van der Waals surface area (Å²) in [5, 5.41) is 0. The fourth-order valence-electron chi connectivity index (χ4n) is 2.18. The van der Waals surface area contributed by atoms with Crippen LogP contribution in [-0.2, 0) is 16.8 Å². The Labute approximate surface area is 106 Å². The summed E-state index contributed by atoms with van der Waals surface area (Å²) >= 11 is 0. The number of methoxy groups -OCH3 is 1. The van der Waals surface area contributed by atoms with E-state index in [-0.39, 0.29) is 0 Å². The zero-order chi connectivity index (χ0) is 13.8. The minimum Gasteiger partial charge on any atom is -0.373 e. The Morgan fingerprint density at radius 2 is 1.78 bits per heavy atom. The average Bonchev–Trinajstić information content (AvgIpc) is 2.28. The first kappa shape index (κ1) is 15.0. The Bertz CT molecular complexity index is 387. The highest BCUT2D eigenvalue weighted by Crippen LogP contribution is 2.38. The third-order valence-corrected chi connectivity index (χ3v) is 3.09. The molecule has 0 fully saturated rings. The molecule has 0 N–H and O–H groups in total. The Morgan fingerprint density at radius 1 is 1.17 bits per heavy atom. The van der Waals surface area contributed by atoms with Crippen molar-refractivity contribution in [1.82, 2.24) is 0 Å². The van der Waals surface area contributed by atoms with Crippen molar-refractivity contribution in [2.45, 2.75) is 44.9 Å². The molecule has 0 radical (unpaired) electrons. The maximum Gasteiger partial charge on any atom is 0.392 e. The summed E-state index contributed by atoms with van der Waals surface area (Å²) in [6, 6.07) is 7.19.